The second kappa shape index (κ2) is 6.43. The van der Waals surface area contributed by atoms with Crippen LogP contribution in [0.4, 0.5) is 4.79 Å². The molecule has 0 saturated heterocycles. The van der Waals surface area contributed by atoms with Crippen LogP contribution in [-0.4, -0.2) is 74.5 Å². The lowest BCUT2D eigenvalue weighted by atomic mass is 10.4. The predicted octanol–water partition coefficient (Wildman–Crippen LogP) is -0.511. The molecule has 0 bridgehead atoms. The Bertz CT molecular complexity index is 379. The number of carbonyl (C=O) groups excluding carboxylic acids is 1. The highest BCUT2D eigenvalue weighted by Crippen LogP contribution is 1.97. The fourth-order valence-electron chi connectivity index (χ4n) is 1.05. The molecular formula is C9H18N2O5S. The monoisotopic (exact) mass is 266 g/mol. The zero-order valence-electron chi connectivity index (χ0n) is 10.2. The molecule has 17 heavy (non-hydrogen) atoms. The molecule has 0 unspecified atom stereocenters. The Morgan fingerprint density at radius 2 is 1.59 bits per heavy atom. The van der Waals surface area contributed by atoms with Gasteiger partial charge in [-0.25, -0.2) is 13.2 Å². The quantitative estimate of drug-likeness (QED) is 0.698. The van der Waals surface area contributed by atoms with Crippen LogP contribution in [0.2, 0.25) is 0 Å². The van der Waals surface area contributed by atoms with Crippen molar-refractivity contribution in [3.63, 3.8) is 0 Å². The van der Waals surface area contributed by atoms with Gasteiger partial charge in [0.15, 0.2) is 0 Å². The van der Waals surface area contributed by atoms with Crippen molar-refractivity contribution in [1.82, 2.24) is 9.80 Å². The third kappa shape index (κ3) is 7.56. The molecule has 2 amide bonds. The Hall–Kier alpha value is -1.31. The zero-order valence-corrected chi connectivity index (χ0v) is 11.0. The summed E-state index contributed by atoms with van der Waals surface area (Å²) in [6.07, 6.45) is 0.960. The number of carboxylic acids is 1. The first-order valence-electron chi connectivity index (χ1n) is 4.99. The zero-order chi connectivity index (χ0) is 13.6. The summed E-state index contributed by atoms with van der Waals surface area (Å²) in [4.78, 5) is 24.5. The van der Waals surface area contributed by atoms with Crippen LogP contribution in [0.3, 0.4) is 0 Å². The molecule has 0 radical (unpaired) electrons. The van der Waals surface area contributed by atoms with E-state index in [-0.39, 0.29) is 25.3 Å². The van der Waals surface area contributed by atoms with Crippen molar-refractivity contribution in [2.24, 2.45) is 0 Å². The van der Waals surface area contributed by atoms with Gasteiger partial charge in [-0.2, -0.15) is 0 Å². The summed E-state index contributed by atoms with van der Waals surface area (Å²) < 4.78 is 21.8. The summed E-state index contributed by atoms with van der Waals surface area (Å²) in [6.45, 7) is 0.187. The number of rotatable bonds is 6. The van der Waals surface area contributed by atoms with Crippen molar-refractivity contribution >= 4 is 21.8 Å². The average molecular weight is 266 g/mol. The van der Waals surface area contributed by atoms with Crippen LogP contribution in [0, 0.1) is 0 Å². The molecule has 7 nitrogen and oxygen atoms in total. The fraction of sp³-hybridized carbons (Fsp3) is 0.778. The van der Waals surface area contributed by atoms with E-state index in [0.717, 1.165) is 6.26 Å². The summed E-state index contributed by atoms with van der Waals surface area (Å²) in [6, 6.07) is -0.394. The van der Waals surface area contributed by atoms with E-state index in [4.69, 9.17) is 5.11 Å². The van der Waals surface area contributed by atoms with E-state index < -0.39 is 21.8 Å². The summed E-state index contributed by atoms with van der Waals surface area (Å²) in [5, 5.41) is 8.46. The second-order valence-electron chi connectivity index (χ2n) is 3.90. The second-order valence-corrected chi connectivity index (χ2v) is 6.16. The lowest BCUT2D eigenvalue weighted by Gasteiger charge is -2.24. The normalized spacial score (nSPS) is 11.0. The molecule has 0 heterocycles. The molecule has 0 atom stereocenters. The number of urea groups is 1. The molecule has 0 aromatic carbocycles. The van der Waals surface area contributed by atoms with Gasteiger partial charge in [-0.1, -0.05) is 0 Å². The molecule has 0 aliphatic carbocycles. The highest BCUT2D eigenvalue weighted by molar-refractivity contribution is 7.90. The maximum Gasteiger partial charge on any atom is 0.319 e. The highest BCUT2D eigenvalue weighted by Gasteiger charge is 2.16. The van der Waals surface area contributed by atoms with E-state index in [1.807, 2.05) is 0 Å². The van der Waals surface area contributed by atoms with Gasteiger partial charge in [0.05, 0.1) is 12.2 Å². The van der Waals surface area contributed by atoms with Crippen molar-refractivity contribution in [1.29, 1.82) is 0 Å². The van der Waals surface area contributed by atoms with Crippen LogP contribution in [0.1, 0.15) is 6.42 Å². The number of carbonyl (C=O) groups is 2. The first-order chi connectivity index (χ1) is 7.63. The van der Waals surface area contributed by atoms with Gasteiger partial charge in [0, 0.05) is 33.4 Å². The summed E-state index contributed by atoms with van der Waals surface area (Å²) in [5.74, 6) is -1.09. The van der Waals surface area contributed by atoms with Crippen molar-refractivity contribution < 1.29 is 23.1 Å². The number of sulfone groups is 1. The summed E-state index contributed by atoms with van der Waals surface area (Å²) in [7, 11) is -0.159. The number of amides is 2. The predicted molar refractivity (Wildman–Crippen MR) is 62.6 cm³/mol. The topological polar surface area (TPSA) is 95.0 Å². The standard InChI is InChI=1S/C9H18N2O5S/c1-10(5-4-8(12)13)9(14)11(2)6-7-17(3,15)16/h4-7H2,1-3H3,(H,12,13). The molecule has 8 heteroatoms. The number of carboxylic acid groups (broad SMARTS) is 1. The van der Waals surface area contributed by atoms with Gasteiger partial charge in [0.25, 0.3) is 0 Å². The van der Waals surface area contributed by atoms with E-state index in [1.165, 1.54) is 23.9 Å². The smallest absolute Gasteiger partial charge is 0.319 e. The van der Waals surface area contributed by atoms with Gasteiger partial charge < -0.3 is 14.9 Å². The van der Waals surface area contributed by atoms with Gasteiger partial charge in [0.2, 0.25) is 0 Å². The molecule has 0 rings (SSSR count). The number of hydrogen-bond acceptors (Lipinski definition) is 4. The largest absolute Gasteiger partial charge is 0.481 e. The van der Waals surface area contributed by atoms with Gasteiger partial charge in [0.1, 0.15) is 9.84 Å². The van der Waals surface area contributed by atoms with Crippen LogP contribution in [0.15, 0.2) is 0 Å². The Kier molecular flexibility index (Phi) is 5.94. The average Bonchev–Trinajstić information content (AvgIpc) is 2.20. The van der Waals surface area contributed by atoms with Gasteiger partial charge in [-0.3, -0.25) is 4.79 Å². The van der Waals surface area contributed by atoms with E-state index in [9.17, 15) is 18.0 Å². The Morgan fingerprint density at radius 3 is 2.00 bits per heavy atom. The fourth-order valence-corrected chi connectivity index (χ4v) is 1.65. The molecule has 0 aliphatic rings. The molecule has 0 aromatic rings. The van der Waals surface area contributed by atoms with E-state index in [2.05, 4.69) is 0 Å². The minimum atomic E-state index is -3.11. The molecule has 0 aliphatic heterocycles. The summed E-state index contributed by atoms with van der Waals surface area (Å²) >= 11 is 0. The lowest BCUT2D eigenvalue weighted by molar-refractivity contribution is -0.137. The maximum absolute atomic E-state index is 11.6. The van der Waals surface area contributed by atoms with Gasteiger partial charge in [-0.15, -0.1) is 0 Å². The van der Waals surface area contributed by atoms with Gasteiger partial charge in [-0.05, 0) is 0 Å². The van der Waals surface area contributed by atoms with Crippen LogP contribution >= 0.6 is 0 Å². The van der Waals surface area contributed by atoms with Crippen molar-refractivity contribution in [3.05, 3.63) is 0 Å². The Balaban J connectivity index is 4.16. The molecule has 0 fully saturated rings. The van der Waals surface area contributed by atoms with E-state index in [1.54, 1.807) is 0 Å². The number of aliphatic carboxylic acids is 1. The van der Waals surface area contributed by atoms with Gasteiger partial charge >= 0.3 is 12.0 Å². The van der Waals surface area contributed by atoms with Crippen molar-refractivity contribution in [3.8, 4) is 0 Å². The number of hydrogen-bond donors (Lipinski definition) is 1. The molecule has 100 valence electrons. The third-order valence-corrected chi connectivity index (χ3v) is 3.04. The molecule has 0 aromatic heterocycles. The molecule has 0 saturated carbocycles. The number of nitrogens with zero attached hydrogens (tertiary/aromatic N) is 2. The lowest BCUT2D eigenvalue weighted by Crippen LogP contribution is -2.41. The van der Waals surface area contributed by atoms with Crippen LogP contribution in [0.5, 0.6) is 0 Å². The van der Waals surface area contributed by atoms with Crippen molar-refractivity contribution in [2.45, 2.75) is 6.42 Å². The summed E-state index contributed by atoms with van der Waals surface area (Å²) in [5.41, 5.74) is 0. The van der Waals surface area contributed by atoms with Crippen molar-refractivity contribution in [2.75, 3.05) is 39.2 Å². The maximum atomic E-state index is 11.6. The van der Waals surface area contributed by atoms with E-state index in [0.29, 0.717) is 0 Å². The first kappa shape index (κ1) is 15.7. The Labute approximate surface area is 101 Å². The SMILES string of the molecule is CN(CCC(=O)O)C(=O)N(C)CCS(C)(=O)=O. The molecule has 0 spiro atoms. The van der Waals surface area contributed by atoms with Crippen LogP contribution in [-0.2, 0) is 14.6 Å². The minimum absolute atomic E-state index is 0.0923. The molecule has 1 N–H and O–H groups in total. The molecular weight excluding hydrogens is 248 g/mol. The van der Waals surface area contributed by atoms with E-state index >= 15 is 0 Å². The Morgan fingerprint density at radius 1 is 1.12 bits per heavy atom. The third-order valence-electron chi connectivity index (χ3n) is 2.11. The van der Waals surface area contributed by atoms with Crippen LogP contribution in [0.25, 0.3) is 0 Å². The minimum Gasteiger partial charge on any atom is -0.481 e. The highest BCUT2D eigenvalue weighted by atomic mass is 32.2. The van der Waals surface area contributed by atoms with Crippen LogP contribution < -0.4 is 0 Å². The first-order valence-corrected chi connectivity index (χ1v) is 7.05.